The maximum atomic E-state index is 12.0. The molecule has 0 saturated heterocycles. The van der Waals surface area contributed by atoms with Crippen LogP contribution in [0.15, 0.2) is 53.6 Å². The van der Waals surface area contributed by atoms with E-state index in [0.29, 0.717) is 10.7 Å². The summed E-state index contributed by atoms with van der Waals surface area (Å²) in [4.78, 5) is 24.1. The smallest absolute Gasteiger partial charge is 0.318 e. The van der Waals surface area contributed by atoms with Gasteiger partial charge < -0.3 is 9.88 Å². The van der Waals surface area contributed by atoms with E-state index in [1.54, 1.807) is 24.3 Å². The second-order valence-electron chi connectivity index (χ2n) is 7.08. The van der Waals surface area contributed by atoms with E-state index < -0.39 is 11.8 Å². The Morgan fingerprint density at radius 1 is 1.00 bits per heavy atom. The van der Waals surface area contributed by atoms with Gasteiger partial charge in [-0.3, -0.25) is 9.59 Å². The van der Waals surface area contributed by atoms with E-state index >= 15 is 0 Å². The second kappa shape index (κ2) is 8.97. The number of amides is 2. The minimum absolute atomic E-state index is 0.348. The summed E-state index contributed by atoms with van der Waals surface area (Å²) in [7, 11) is 0. The van der Waals surface area contributed by atoms with Gasteiger partial charge in [-0.05, 0) is 63.1 Å². The molecular formula is C23H23ClN4O2. The highest BCUT2D eigenvalue weighted by atomic mass is 35.5. The number of carbonyl (C=O) groups excluding carboxylic acids is 2. The summed E-state index contributed by atoms with van der Waals surface area (Å²) in [6.07, 6.45) is 1.53. The number of benzene rings is 2. The molecule has 0 aliphatic rings. The fourth-order valence-electron chi connectivity index (χ4n) is 3.20. The van der Waals surface area contributed by atoms with Gasteiger partial charge in [0, 0.05) is 22.6 Å². The van der Waals surface area contributed by atoms with E-state index in [0.717, 1.165) is 28.2 Å². The highest BCUT2D eigenvalue weighted by Crippen LogP contribution is 2.23. The topological polar surface area (TPSA) is 75.5 Å². The van der Waals surface area contributed by atoms with Crippen LogP contribution in [-0.2, 0) is 9.59 Å². The maximum Gasteiger partial charge on any atom is 0.329 e. The van der Waals surface area contributed by atoms with E-state index in [1.165, 1.54) is 11.8 Å². The minimum Gasteiger partial charge on any atom is -0.318 e. The average molecular weight is 423 g/mol. The number of anilines is 1. The van der Waals surface area contributed by atoms with Crippen molar-refractivity contribution < 1.29 is 9.59 Å². The first-order chi connectivity index (χ1) is 14.3. The molecule has 1 heterocycles. The maximum absolute atomic E-state index is 12.0. The average Bonchev–Trinajstić information content (AvgIpc) is 2.98. The summed E-state index contributed by atoms with van der Waals surface area (Å²) in [5.41, 5.74) is 8.94. The number of hydrogen-bond donors (Lipinski definition) is 2. The number of carbonyl (C=O) groups is 2. The number of rotatable bonds is 4. The van der Waals surface area contributed by atoms with Crippen molar-refractivity contribution in [2.24, 2.45) is 5.10 Å². The summed E-state index contributed by atoms with van der Waals surface area (Å²) < 4.78 is 2.15. The second-order valence-corrected chi connectivity index (χ2v) is 7.49. The van der Waals surface area contributed by atoms with E-state index in [1.807, 2.05) is 19.9 Å². The van der Waals surface area contributed by atoms with Crippen molar-refractivity contribution in [3.63, 3.8) is 0 Å². The zero-order valence-corrected chi connectivity index (χ0v) is 18.0. The van der Waals surface area contributed by atoms with Gasteiger partial charge in [-0.1, -0.05) is 35.9 Å². The van der Waals surface area contributed by atoms with Gasteiger partial charge >= 0.3 is 11.8 Å². The molecule has 2 N–H and O–H groups in total. The first kappa shape index (κ1) is 21.3. The number of para-hydroxylation sites is 1. The first-order valence-electron chi connectivity index (χ1n) is 9.43. The van der Waals surface area contributed by atoms with Crippen molar-refractivity contribution in [1.29, 1.82) is 0 Å². The van der Waals surface area contributed by atoms with Crippen LogP contribution in [0, 0.1) is 27.7 Å². The van der Waals surface area contributed by atoms with Crippen molar-refractivity contribution in [2.75, 3.05) is 5.32 Å². The molecule has 0 spiro atoms. The summed E-state index contributed by atoms with van der Waals surface area (Å²) in [6, 6.07) is 15.0. The van der Waals surface area contributed by atoms with Gasteiger partial charge in [-0.2, -0.15) is 5.10 Å². The van der Waals surface area contributed by atoms with Crippen LogP contribution in [0.2, 0.25) is 5.02 Å². The Kier molecular flexibility index (Phi) is 6.37. The fourth-order valence-corrected chi connectivity index (χ4v) is 3.39. The zero-order chi connectivity index (χ0) is 21.8. The van der Waals surface area contributed by atoms with Crippen molar-refractivity contribution in [3.8, 4) is 5.69 Å². The molecule has 2 aromatic carbocycles. The van der Waals surface area contributed by atoms with Crippen LogP contribution in [0.5, 0.6) is 0 Å². The third kappa shape index (κ3) is 4.60. The Labute approximate surface area is 180 Å². The number of aryl methyl sites for hydroxylation is 3. The van der Waals surface area contributed by atoms with Crippen molar-refractivity contribution in [1.82, 2.24) is 9.99 Å². The molecule has 0 saturated carbocycles. The predicted octanol–water partition coefficient (Wildman–Crippen LogP) is 4.45. The molecule has 6 nitrogen and oxygen atoms in total. The number of aromatic nitrogens is 1. The fraction of sp³-hybridized carbons (Fsp3) is 0.174. The van der Waals surface area contributed by atoms with Crippen molar-refractivity contribution in [2.45, 2.75) is 27.7 Å². The quantitative estimate of drug-likeness (QED) is 0.370. The van der Waals surface area contributed by atoms with Gasteiger partial charge in [0.25, 0.3) is 0 Å². The van der Waals surface area contributed by atoms with Gasteiger partial charge in [-0.15, -0.1) is 0 Å². The SMILES string of the molecule is Cc1ccc(C)c(-n2c(C)cc(C=NNC(=O)C(=O)Nc3ccccc3Cl)c2C)c1. The van der Waals surface area contributed by atoms with Crippen LogP contribution in [0.1, 0.15) is 28.1 Å². The van der Waals surface area contributed by atoms with Crippen LogP contribution in [0.3, 0.4) is 0 Å². The highest BCUT2D eigenvalue weighted by molar-refractivity contribution is 6.41. The molecule has 0 aliphatic heterocycles. The Hall–Kier alpha value is -3.38. The predicted molar refractivity (Wildman–Crippen MR) is 121 cm³/mol. The molecule has 0 radical (unpaired) electrons. The van der Waals surface area contributed by atoms with Gasteiger partial charge in [-0.25, -0.2) is 5.43 Å². The van der Waals surface area contributed by atoms with E-state index in [-0.39, 0.29) is 0 Å². The zero-order valence-electron chi connectivity index (χ0n) is 17.3. The lowest BCUT2D eigenvalue weighted by atomic mass is 10.1. The van der Waals surface area contributed by atoms with E-state index in [9.17, 15) is 9.59 Å². The van der Waals surface area contributed by atoms with Crippen molar-refractivity contribution in [3.05, 3.63) is 81.6 Å². The number of nitrogens with zero attached hydrogens (tertiary/aromatic N) is 2. The highest BCUT2D eigenvalue weighted by Gasteiger charge is 2.15. The molecule has 2 amide bonds. The molecule has 0 unspecified atom stereocenters. The van der Waals surface area contributed by atoms with Crippen LogP contribution >= 0.6 is 11.6 Å². The van der Waals surface area contributed by atoms with Gasteiger partial charge in [0.15, 0.2) is 0 Å². The van der Waals surface area contributed by atoms with Crippen LogP contribution in [-0.4, -0.2) is 22.6 Å². The molecule has 3 aromatic rings. The lowest BCUT2D eigenvalue weighted by molar-refractivity contribution is -0.136. The Balaban J connectivity index is 1.72. The Bertz CT molecular complexity index is 1150. The number of halogens is 1. The lowest BCUT2D eigenvalue weighted by Crippen LogP contribution is -2.32. The van der Waals surface area contributed by atoms with Crippen LogP contribution < -0.4 is 10.7 Å². The molecular weight excluding hydrogens is 400 g/mol. The van der Waals surface area contributed by atoms with Crippen molar-refractivity contribution >= 4 is 35.3 Å². The largest absolute Gasteiger partial charge is 0.329 e. The monoisotopic (exact) mass is 422 g/mol. The van der Waals surface area contributed by atoms with Crippen LogP contribution in [0.4, 0.5) is 5.69 Å². The molecule has 1 aromatic heterocycles. The minimum atomic E-state index is -0.880. The third-order valence-electron chi connectivity index (χ3n) is 4.77. The lowest BCUT2D eigenvalue weighted by Gasteiger charge is -2.13. The molecule has 30 heavy (non-hydrogen) atoms. The number of hydrazone groups is 1. The Morgan fingerprint density at radius 2 is 1.73 bits per heavy atom. The molecule has 0 fully saturated rings. The van der Waals surface area contributed by atoms with E-state index in [4.69, 9.17) is 11.6 Å². The first-order valence-corrected chi connectivity index (χ1v) is 9.81. The molecule has 0 aliphatic carbocycles. The molecule has 3 rings (SSSR count). The third-order valence-corrected chi connectivity index (χ3v) is 5.10. The van der Waals surface area contributed by atoms with Gasteiger partial charge in [0.05, 0.1) is 16.9 Å². The summed E-state index contributed by atoms with van der Waals surface area (Å²) in [5.74, 6) is -1.73. The normalized spacial score (nSPS) is 11.0. The Morgan fingerprint density at radius 3 is 2.47 bits per heavy atom. The standard InChI is InChI=1S/C23H23ClN4O2/c1-14-9-10-15(2)21(11-14)28-16(3)12-18(17(28)4)13-25-27-23(30)22(29)26-20-8-6-5-7-19(20)24/h5-13H,1-4H3,(H,26,29)(H,27,30). The molecule has 7 heteroatoms. The summed E-state index contributed by atoms with van der Waals surface area (Å²) in [5, 5.41) is 6.75. The molecule has 0 bridgehead atoms. The molecule has 154 valence electrons. The van der Waals surface area contributed by atoms with Gasteiger partial charge in [0.1, 0.15) is 0 Å². The number of nitrogens with one attached hydrogen (secondary N) is 2. The summed E-state index contributed by atoms with van der Waals surface area (Å²) in [6.45, 7) is 8.13. The van der Waals surface area contributed by atoms with Crippen LogP contribution in [0.25, 0.3) is 5.69 Å². The van der Waals surface area contributed by atoms with Gasteiger partial charge in [0.2, 0.25) is 0 Å². The molecule has 0 atom stereocenters. The summed E-state index contributed by atoms with van der Waals surface area (Å²) >= 11 is 5.98. The van der Waals surface area contributed by atoms with E-state index in [2.05, 4.69) is 52.5 Å². The number of hydrogen-bond acceptors (Lipinski definition) is 3.